The highest BCUT2D eigenvalue weighted by atomic mass is 19.1. The predicted octanol–water partition coefficient (Wildman–Crippen LogP) is 2.34. The minimum absolute atomic E-state index is 0.0503. The summed E-state index contributed by atoms with van der Waals surface area (Å²) >= 11 is 0. The summed E-state index contributed by atoms with van der Waals surface area (Å²) in [7, 11) is 0. The van der Waals surface area contributed by atoms with E-state index < -0.39 is 35.6 Å². The molecule has 4 atom stereocenters. The van der Waals surface area contributed by atoms with Crippen molar-refractivity contribution in [3.63, 3.8) is 0 Å². The van der Waals surface area contributed by atoms with Gasteiger partial charge in [-0.25, -0.2) is 4.39 Å². The number of halogens is 1. The van der Waals surface area contributed by atoms with E-state index in [4.69, 9.17) is 10.9 Å². The van der Waals surface area contributed by atoms with Crippen LogP contribution >= 0.6 is 0 Å². The SMILES string of the molecule is C#C[C@H](C[C@@H]1CCNC1=O)NC(=O)[C@@H](CC(=O)[C@@H](NC(=O)c1cc(C)on1)C(C)C)Cc1ccc(F)cc1. The molecule has 10 heteroatoms. The minimum atomic E-state index is -0.881. The molecule has 1 aliphatic heterocycles. The summed E-state index contributed by atoms with van der Waals surface area (Å²) in [6.07, 6.45) is 6.53. The fourth-order valence-electron chi connectivity index (χ4n) is 4.45. The number of nitrogens with one attached hydrogen (secondary N) is 3. The van der Waals surface area contributed by atoms with E-state index in [1.807, 2.05) is 0 Å². The molecule has 0 aliphatic carbocycles. The van der Waals surface area contributed by atoms with Gasteiger partial charge in [0.25, 0.3) is 5.91 Å². The summed E-state index contributed by atoms with van der Waals surface area (Å²) in [5.74, 6) is -0.300. The number of aromatic nitrogens is 1. The first kappa shape index (κ1) is 28.6. The van der Waals surface area contributed by atoms with Gasteiger partial charge in [0, 0.05) is 30.9 Å². The Morgan fingerprint density at radius 3 is 2.50 bits per heavy atom. The number of Topliss-reactive ketones (excluding diaryl/α,β-unsaturated/α-hetero) is 1. The monoisotopic (exact) mass is 524 g/mol. The van der Waals surface area contributed by atoms with E-state index in [9.17, 15) is 23.6 Å². The third kappa shape index (κ3) is 7.75. The summed E-state index contributed by atoms with van der Waals surface area (Å²) in [4.78, 5) is 51.4. The molecular formula is C28H33FN4O5. The van der Waals surface area contributed by atoms with Crippen LogP contribution in [0.25, 0.3) is 0 Å². The lowest BCUT2D eigenvalue weighted by molar-refractivity contribution is -0.131. The van der Waals surface area contributed by atoms with E-state index in [0.717, 1.165) is 0 Å². The highest BCUT2D eigenvalue weighted by molar-refractivity contribution is 5.97. The van der Waals surface area contributed by atoms with Gasteiger partial charge in [-0.15, -0.1) is 6.42 Å². The lowest BCUT2D eigenvalue weighted by Gasteiger charge is -2.25. The number of aryl methyl sites for hydroxylation is 1. The Labute approximate surface area is 221 Å². The van der Waals surface area contributed by atoms with E-state index in [0.29, 0.717) is 24.3 Å². The van der Waals surface area contributed by atoms with Crippen LogP contribution in [0, 0.1) is 42.8 Å². The lowest BCUT2D eigenvalue weighted by atomic mass is 9.88. The molecule has 1 aromatic heterocycles. The third-order valence-electron chi connectivity index (χ3n) is 6.58. The first-order valence-electron chi connectivity index (χ1n) is 12.6. The van der Waals surface area contributed by atoms with Crippen molar-refractivity contribution in [3.05, 3.63) is 53.2 Å². The predicted molar refractivity (Wildman–Crippen MR) is 137 cm³/mol. The summed E-state index contributed by atoms with van der Waals surface area (Å²) in [6, 6.07) is 5.56. The lowest BCUT2D eigenvalue weighted by Crippen LogP contribution is -2.47. The number of hydrogen-bond acceptors (Lipinski definition) is 6. The Kier molecular flexibility index (Phi) is 9.77. The van der Waals surface area contributed by atoms with Gasteiger partial charge in [0.2, 0.25) is 11.8 Å². The van der Waals surface area contributed by atoms with Crippen LogP contribution in [-0.4, -0.2) is 47.3 Å². The second kappa shape index (κ2) is 13.0. The van der Waals surface area contributed by atoms with Crippen molar-refractivity contribution in [2.24, 2.45) is 17.8 Å². The van der Waals surface area contributed by atoms with Gasteiger partial charge in [0.05, 0.1) is 12.1 Å². The quantitative estimate of drug-likeness (QED) is 0.366. The molecule has 2 aromatic rings. The van der Waals surface area contributed by atoms with Crippen LogP contribution in [-0.2, 0) is 20.8 Å². The highest BCUT2D eigenvalue weighted by Gasteiger charge is 2.32. The van der Waals surface area contributed by atoms with Crippen molar-refractivity contribution in [2.75, 3.05) is 6.54 Å². The molecule has 0 spiro atoms. The van der Waals surface area contributed by atoms with Gasteiger partial charge in [0.1, 0.15) is 11.6 Å². The molecule has 0 unspecified atom stereocenters. The number of rotatable bonds is 12. The minimum Gasteiger partial charge on any atom is -0.361 e. The van der Waals surface area contributed by atoms with Crippen molar-refractivity contribution < 1.29 is 28.1 Å². The van der Waals surface area contributed by atoms with Gasteiger partial charge in [-0.3, -0.25) is 19.2 Å². The Morgan fingerprint density at radius 1 is 1.24 bits per heavy atom. The molecule has 1 fully saturated rings. The van der Waals surface area contributed by atoms with Crippen LogP contribution in [0.3, 0.4) is 0 Å². The second-order valence-corrected chi connectivity index (χ2v) is 9.96. The Hall–Kier alpha value is -4.00. The van der Waals surface area contributed by atoms with Gasteiger partial charge in [-0.1, -0.05) is 37.1 Å². The molecule has 3 rings (SSSR count). The first-order valence-corrected chi connectivity index (χ1v) is 12.6. The fraction of sp³-hybridized carbons (Fsp3) is 0.464. The third-order valence-corrected chi connectivity index (χ3v) is 6.58. The molecule has 2 heterocycles. The zero-order valence-electron chi connectivity index (χ0n) is 21.8. The van der Waals surface area contributed by atoms with Crippen molar-refractivity contribution >= 4 is 23.5 Å². The molecule has 1 aliphatic rings. The smallest absolute Gasteiger partial charge is 0.274 e. The number of terminal acetylenes is 1. The van der Waals surface area contributed by atoms with Crippen LogP contribution < -0.4 is 16.0 Å². The van der Waals surface area contributed by atoms with Gasteiger partial charge >= 0.3 is 0 Å². The van der Waals surface area contributed by atoms with Crippen LogP contribution in [0.4, 0.5) is 4.39 Å². The molecule has 0 bridgehead atoms. The molecule has 0 radical (unpaired) electrons. The summed E-state index contributed by atoms with van der Waals surface area (Å²) in [6.45, 7) is 5.78. The number of carbonyl (C=O) groups is 4. The average Bonchev–Trinajstić information content (AvgIpc) is 3.50. The van der Waals surface area contributed by atoms with E-state index in [1.165, 1.54) is 18.2 Å². The van der Waals surface area contributed by atoms with Crippen molar-refractivity contribution in [1.29, 1.82) is 0 Å². The maximum Gasteiger partial charge on any atom is 0.274 e. The maximum atomic E-state index is 13.5. The number of nitrogens with zero attached hydrogens (tertiary/aromatic N) is 1. The van der Waals surface area contributed by atoms with Gasteiger partial charge in [-0.2, -0.15) is 0 Å². The average molecular weight is 525 g/mol. The number of ketones is 1. The largest absolute Gasteiger partial charge is 0.361 e. The standard InChI is InChI=1S/C28H33FN4O5/c1-5-22(14-19-10-11-30-26(19)35)31-27(36)20(13-18-6-8-21(29)9-7-18)15-24(34)25(16(2)3)32-28(37)23-12-17(4)38-33-23/h1,6-9,12,16,19-20,22,25H,10-11,13-15H2,2-4H3,(H,30,35)(H,31,36)(H,32,37)/t19-,20+,22+,25-/m0/s1. The fourth-order valence-corrected chi connectivity index (χ4v) is 4.45. The zero-order chi connectivity index (χ0) is 27.8. The molecule has 0 saturated carbocycles. The van der Waals surface area contributed by atoms with Crippen LogP contribution in [0.15, 0.2) is 34.9 Å². The Bertz CT molecular complexity index is 1200. The van der Waals surface area contributed by atoms with Crippen molar-refractivity contribution in [2.45, 2.75) is 58.5 Å². The van der Waals surface area contributed by atoms with Crippen LogP contribution in [0.1, 0.15) is 54.9 Å². The summed E-state index contributed by atoms with van der Waals surface area (Å²) in [5, 5.41) is 11.9. The first-order chi connectivity index (χ1) is 18.1. The van der Waals surface area contributed by atoms with Crippen LogP contribution in [0.5, 0.6) is 0 Å². The molecule has 9 nitrogen and oxygen atoms in total. The Balaban J connectivity index is 1.75. The summed E-state index contributed by atoms with van der Waals surface area (Å²) < 4.78 is 18.4. The number of benzene rings is 1. The molecule has 3 N–H and O–H groups in total. The maximum absolute atomic E-state index is 13.5. The topological polar surface area (TPSA) is 130 Å². The Morgan fingerprint density at radius 2 is 1.95 bits per heavy atom. The second-order valence-electron chi connectivity index (χ2n) is 9.96. The summed E-state index contributed by atoms with van der Waals surface area (Å²) in [5.41, 5.74) is 0.712. The molecule has 1 aromatic carbocycles. The van der Waals surface area contributed by atoms with Crippen molar-refractivity contribution in [3.8, 4) is 12.3 Å². The van der Waals surface area contributed by atoms with Gasteiger partial charge in [-0.05, 0) is 49.8 Å². The molecule has 38 heavy (non-hydrogen) atoms. The van der Waals surface area contributed by atoms with E-state index in [2.05, 4.69) is 27.0 Å². The number of amides is 3. The normalized spacial score (nSPS) is 17.3. The van der Waals surface area contributed by atoms with Gasteiger partial charge in [0.15, 0.2) is 11.5 Å². The zero-order valence-corrected chi connectivity index (χ0v) is 21.8. The molecular weight excluding hydrogens is 491 g/mol. The van der Waals surface area contributed by atoms with E-state index in [1.54, 1.807) is 32.9 Å². The molecule has 1 saturated heterocycles. The number of carbonyl (C=O) groups excluding carboxylic acids is 4. The van der Waals surface area contributed by atoms with Crippen LogP contribution in [0.2, 0.25) is 0 Å². The van der Waals surface area contributed by atoms with Gasteiger partial charge < -0.3 is 20.5 Å². The highest BCUT2D eigenvalue weighted by Crippen LogP contribution is 2.20. The van der Waals surface area contributed by atoms with Crippen molar-refractivity contribution in [1.82, 2.24) is 21.1 Å². The molecule has 202 valence electrons. The number of hydrogen-bond donors (Lipinski definition) is 3. The van der Waals surface area contributed by atoms with E-state index >= 15 is 0 Å². The van der Waals surface area contributed by atoms with E-state index in [-0.39, 0.29) is 48.5 Å². The molecule has 3 amide bonds.